The maximum Gasteiger partial charge on any atom is 0.328 e. The number of nitrogens with zero attached hydrogens (tertiary/aromatic N) is 2. The van der Waals surface area contributed by atoms with Crippen molar-refractivity contribution in [3.8, 4) is 0 Å². The highest BCUT2D eigenvalue weighted by molar-refractivity contribution is 5.88. The summed E-state index contributed by atoms with van der Waals surface area (Å²) in [5.74, 6) is -2.32. The lowest BCUT2D eigenvalue weighted by molar-refractivity contribution is -0.148. The molecule has 13 heteroatoms. The van der Waals surface area contributed by atoms with Crippen molar-refractivity contribution in [3.63, 3.8) is 0 Å². The second kappa shape index (κ2) is 20.3. The summed E-state index contributed by atoms with van der Waals surface area (Å²) in [4.78, 5) is 69.6. The minimum atomic E-state index is -0.885. The molecule has 1 aliphatic rings. The zero-order valence-electron chi connectivity index (χ0n) is 31.7. The Morgan fingerprint density at radius 3 is 2.26 bits per heavy atom. The van der Waals surface area contributed by atoms with E-state index in [0.29, 0.717) is 19.5 Å². The number of nitrogens with one attached hydrogen (secondary N) is 3. The number of ether oxygens (including phenoxy) is 3. The lowest BCUT2D eigenvalue weighted by Crippen LogP contribution is -2.55. The van der Waals surface area contributed by atoms with E-state index in [4.69, 9.17) is 14.2 Å². The number of methoxy groups -OCH3 is 3. The molecule has 0 spiro atoms. The van der Waals surface area contributed by atoms with Gasteiger partial charge in [-0.1, -0.05) is 57.5 Å². The van der Waals surface area contributed by atoms with Crippen LogP contribution in [-0.2, 0) is 44.6 Å². The van der Waals surface area contributed by atoms with Gasteiger partial charge in [0.05, 0.1) is 55.7 Å². The number of benzene rings is 1. The molecule has 3 N–H and O–H groups in total. The van der Waals surface area contributed by atoms with E-state index in [-0.39, 0.29) is 55.0 Å². The number of amides is 4. The Balaban J connectivity index is 2.18. The number of carbonyl (C=O) groups excluding carboxylic acids is 5. The normalized spacial score (nSPS) is 18.3. The van der Waals surface area contributed by atoms with Crippen LogP contribution in [0.15, 0.2) is 30.3 Å². The molecule has 7 unspecified atom stereocenters. The summed E-state index contributed by atoms with van der Waals surface area (Å²) in [5, 5.41) is 8.60. The van der Waals surface area contributed by atoms with Crippen molar-refractivity contribution in [2.24, 2.45) is 17.3 Å². The monoisotopic (exact) mass is 703 g/mol. The minimum Gasteiger partial charge on any atom is -0.467 e. The van der Waals surface area contributed by atoms with Gasteiger partial charge in [0.25, 0.3) is 0 Å². The van der Waals surface area contributed by atoms with Crippen LogP contribution in [0, 0.1) is 17.3 Å². The Morgan fingerprint density at radius 2 is 1.70 bits per heavy atom. The van der Waals surface area contributed by atoms with E-state index in [2.05, 4.69) is 16.0 Å². The van der Waals surface area contributed by atoms with Gasteiger partial charge in [0.15, 0.2) is 0 Å². The van der Waals surface area contributed by atoms with Gasteiger partial charge in [0, 0.05) is 40.8 Å². The topological polar surface area (TPSA) is 156 Å². The molecule has 7 atom stereocenters. The first-order chi connectivity index (χ1) is 23.7. The van der Waals surface area contributed by atoms with Gasteiger partial charge in [-0.15, -0.1) is 0 Å². The molecule has 13 nitrogen and oxygen atoms in total. The zero-order valence-corrected chi connectivity index (χ0v) is 31.7. The van der Waals surface area contributed by atoms with E-state index in [1.54, 1.807) is 44.7 Å². The third kappa shape index (κ3) is 11.5. The van der Waals surface area contributed by atoms with Crippen molar-refractivity contribution in [2.75, 3.05) is 55.1 Å². The number of likely N-dealkylation sites (tertiary alicyclic amines) is 1. The van der Waals surface area contributed by atoms with Gasteiger partial charge in [-0.25, -0.2) is 4.79 Å². The van der Waals surface area contributed by atoms with E-state index in [1.807, 2.05) is 44.2 Å². The molecule has 0 saturated carbocycles. The third-order valence-electron chi connectivity index (χ3n) is 10.0. The van der Waals surface area contributed by atoms with Crippen molar-refractivity contribution >= 4 is 29.6 Å². The second-order valence-corrected chi connectivity index (χ2v) is 14.0. The lowest BCUT2D eigenvalue weighted by Gasteiger charge is -2.39. The van der Waals surface area contributed by atoms with Gasteiger partial charge < -0.3 is 40.0 Å². The summed E-state index contributed by atoms with van der Waals surface area (Å²) in [6, 6.07) is 7.66. The average Bonchev–Trinajstić information content (AvgIpc) is 3.59. The molecule has 50 heavy (non-hydrogen) atoms. The van der Waals surface area contributed by atoms with E-state index in [9.17, 15) is 24.0 Å². The third-order valence-corrected chi connectivity index (χ3v) is 10.0. The van der Waals surface area contributed by atoms with E-state index >= 15 is 0 Å². The summed E-state index contributed by atoms with van der Waals surface area (Å²) >= 11 is 0. The smallest absolute Gasteiger partial charge is 0.328 e. The van der Waals surface area contributed by atoms with Crippen molar-refractivity contribution in [3.05, 3.63) is 35.9 Å². The molecule has 282 valence electrons. The highest BCUT2D eigenvalue weighted by Crippen LogP contribution is 2.29. The van der Waals surface area contributed by atoms with Crippen molar-refractivity contribution < 1.29 is 38.2 Å². The quantitative estimate of drug-likeness (QED) is 0.173. The highest BCUT2D eigenvalue weighted by Gasteiger charge is 2.42. The van der Waals surface area contributed by atoms with Crippen LogP contribution in [0.5, 0.6) is 0 Å². The molecule has 1 aliphatic heterocycles. The van der Waals surface area contributed by atoms with Crippen LogP contribution in [0.4, 0.5) is 0 Å². The Morgan fingerprint density at radius 1 is 1.04 bits per heavy atom. The molecule has 1 fully saturated rings. The second-order valence-electron chi connectivity index (χ2n) is 14.0. The summed E-state index contributed by atoms with van der Waals surface area (Å²) in [7, 11) is 7.79. The fraction of sp³-hybridized carbons (Fsp3) is 0.703. The van der Waals surface area contributed by atoms with E-state index < -0.39 is 41.6 Å². The average molecular weight is 704 g/mol. The van der Waals surface area contributed by atoms with Crippen molar-refractivity contribution in [2.45, 2.75) is 97.1 Å². The molecule has 0 aliphatic carbocycles. The van der Waals surface area contributed by atoms with Crippen molar-refractivity contribution in [1.82, 2.24) is 25.8 Å². The van der Waals surface area contributed by atoms with Gasteiger partial charge in [-0.3, -0.25) is 19.2 Å². The Labute approximate surface area is 298 Å². The van der Waals surface area contributed by atoms with Gasteiger partial charge in [-0.05, 0) is 45.2 Å². The number of hydrogen-bond donors (Lipinski definition) is 3. The Hall–Kier alpha value is -3.55. The van der Waals surface area contributed by atoms with Crippen LogP contribution in [-0.4, -0.2) is 125 Å². The summed E-state index contributed by atoms with van der Waals surface area (Å²) in [6.45, 7) is 10.1. The van der Waals surface area contributed by atoms with Gasteiger partial charge in [0.2, 0.25) is 23.6 Å². The van der Waals surface area contributed by atoms with Crippen LogP contribution in [0.1, 0.15) is 65.9 Å². The van der Waals surface area contributed by atoms with E-state index in [1.165, 1.54) is 21.3 Å². The number of carbonyl (C=O) groups is 5. The number of esters is 1. The molecule has 1 saturated heterocycles. The van der Waals surface area contributed by atoms with Crippen LogP contribution in [0.25, 0.3) is 0 Å². The molecular formula is C37H61N5O8. The Kier molecular flexibility index (Phi) is 17.3. The molecule has 4 amide bonds. The molecule has 0 radical (unpaired) electrons. The SMILES string of the molecule is CCC(C)C(C(CC(=O)N1CCCC1C(OC)C(C)C(=O)NC(Cc1ccccc1)C(=O)OC)OC)N(C)C(=O)CNC(=O)C(C)(C)CNC. The molecule has 0 bridgehead atoms. The van der Waals surface area contributed by atoms with Crippen LogP contribution in [0.3, 0.4) is 0 Å². The maximum atomic E-state index is 14.0. The lowest BCUT2D eigenvalue weighted by atomic mass is 9.90. The first kappa shape index (κ1) is 42.6. The predicted octanol–water partition coefficient (Wildman–Crippen LogP) is 2.17. The molecule has 1 aromatic rings. The predicted molar refractivity (Wildman–Crippen MR) is 191 cm³/mol. The minimum absolute atomic E-state index is 0.0124. The number of hydrogen-bond acceptors (Lipinski definition) is 9. The van der Waals surface area contributed by atoms with Crippen LogP contribution in [0.2, 0.25) is 0 Å². The molecule has 0 aromatic heterocycles. The maximum absolute atomic E-state index is 14.0. The zero-order chi connectivity index (χ0) is 37.6. The Bertz CT molecular complexity index is 1260. The van der Waals surface area contributed by atoms with Gasteiger partial charge in [-0.2, -0.15) is 0 Å². The fourth-order valence-corrected chi connectivity index (χ4v) is 6.86. The summed E-state index contributed by atoms with van der Waals surface area (Å²) in [5.41, 5.74) is 0.182. The molecule has 1 aromatic carbocycles. The summed E-state index contributed by atoms with van der Waals surface area (Å²) < 4.78 is 16.8. The first-order valence-corrected chi connectivity index (χ1v) is 17.6. The van der Waals surface area contributed by atoms with Crippen LogP contribution < -0.4 is 16.0 Å². The van der Waals surface area contributed by atoms with Gasteiger partial charge in [0.1, 0.15) is 6.04 Å². The standard InChI is InChI=1S/C37H61N5O8/c1-11-24(2)32(41(7)31(44)22-39-36(47)37(4,5)23-38-6)29(48-8)21-30(43)42-19-15-18-28(42)33(49-9)25(3)34(45)40-27(35(46)50-10)20-26-16-13-12-14-17-26/h12-14,16-17,24-25,27-29,32-33,38H,11,15,18-23H2,1-10H3,(H,39,47)(H,40,45). The van der Waals surface area contributed by atoms with E-state index in [0.717, 1.165) is 18.4 Å². The highest BCUT2D eigenvalue weighted by atomic mass is 16.5. The first-order valence-electron chi connectivity index (χ1n) is 17.6. The number of rotatable bonds is 20. The fourth-order valence-electron chi connectivity index (χ4n) is 6.86. The molecule has 1 heterocycles. The molecular weight excluding hydrogens is 642 g/mol. The van der Waals surface area contributed by atoms with Gasteiger partial charge >= 0.3 is 5.97 Å². The van der Waals surface area contributed by atoms with Crippen LogP contribution >= 0.6 is 0 Å². The largest absolute Gasteiger partial charge is 0.467 e. The number of likely N-dealkylation sites (N-methyl/N-ethyl adjacent to an activating group) is 1. The summed E-state index contributed by atoms with van der Waals surface area (Å²) in [6.07, 6.45) is 1.13. The van der Waals surface area contributed by atoms with Crippen molar-refractivity contribution in [1.29, 1.82) is 0 Å². The molecule has 2 rings (SSSR count).